The molecule has 1 fully saturated rings. The zero-order valence-corrected chi connectivity index (χ0v) is 13.6. The SMILES string of the molecule is CCn1cc(C(=O)N2CCN(Cc3cccc(F)c3F)CC2)cn1. The zero-order chi connectivity index (χ0) is 17.1. The van der Waals surface area contributed by atoms with Crippen molar-refractivity contribution in [2.45, 2.75) is 20.0 Å². The average Bonchev–Trinajstić information content (AvgIpc) is 3.08. The van der Waals surface area contributed by atoms with Gasteiger partial charge >= 0.3 is 0 Å². The molecule has 2 aromatic rings. The molecule has 24 heavy (non-hydrogen) atoms. The van der Waals surface area contributed by atoms with Gasteiger partial charge < -0.3 is 4.90 Å². The van der Waals surface area contributed by atoms with Crippen molar-refractivity contribution in [3.8, 4) is 0 Å². The number of carbonyl (C=O) groups excluding carboxylic acids is 1. The van der Waals surface area contributed by atoms with Gasteiger partial charge in [0, 0.05) is 51.0 Å². The number of amides is 1. The van der Waals surface area contributed by atoms with Crippen LogP contribution in [-0.2, 0) is 13.1 Å². The number of hydrogen-bond acceptors (Lipinski definition) is 3. The molecular weight excluding hydrogens is 314 g/mol. The minimum Gasteiger partial charge on any atom is -0.336 e. The summed E-state index contributed by atoms with van der Waals surface area (Å²) in [7, 11) is 0. The van der Waals surface area contributed by atoms with Crippen molar-refractivity contribution < 1.29 is 13.6 Å². The third-order valence-corrected chi connectivity index (χ3v) is 4.29. The number of piperazine rings is 1. The lowest BCUT2D eigenvalue weighted by atomic mass is 10.1. The highest BCUT2D eigenvalue weighted by Gasteiger charge is 2.23. The van der Waals surface area contributed by atoms with Crippen LogP contribution in [0.3, 0.4) is 0 Å². The summed E-state index contributed by atoms with van der Waals surface area (Å²) in [5.41, 5.74) is 0.931. The molecule has 7 heteroatoms. The molecule has 0 spiro atoms. The van der Waals surface area contributed by atoms with Crippen molar-refractivity contribution in [2.24, 2.45) is 0 Å². The zero-order valence-electron chi connectivity index (χ0n) is 13.6. The number of aryl methyl sites for hydroxylation is 1. The van der Waals surface area contributed by atoms with Gasteiger partial charge in [-0.2, -0.15) is 5.10 Å². The Balaban J connectivity index is 1.57. The maximum Gasteiger partial charge on any atom is 0.257 e. The van der Waals surface area contributed by atoms with Crippen molar-refractivity contribution in [3.05, 3.63) is 53.4 Å². The van der Waals surface area contributed by atoms with Crippen LogP contribution in [0.2, 0.25) is 0 Å². The third kappa shape index (κ3) is 3.46. The van der Waals surface area contributed by atoms with E-state index in [1.54, 1.807) is 28.0 Å². The van der Waals surface area contributed by atoms with Gasteiger partial charge in [0.15, 0.2) is 11.6 Å². The summed E-state index contributed by atoms with van der Waals surface area (Å²) in [4.78, 5) is 16.2. The fourth-order valence-corrected chi connectivity index (χ4v) is 2.85. The molecule has 128 valence electrons. The van der Waals surface area contributed by atoms with Gasteiger partial charge in [-0.05, 0) is 13.0 Å². The average molecular weight is 334 g/mol. The molecule has 1 amide bonds. The standard InChI is InChI=1S/C17H20F2N4O/c1-2-23-12-14(10-20-23)17(24)22-8-6-21(7-9-22)11-13-4-3-5-15(18)16(13)19/h3-5,10,12H,2,6-9,11H2,1H3. The Morgan fingerprint density at radius 3 is 2.62 bits per heavy atom. The smallest absolute Gasteiger partial charge is 0.257 e. The maximum absolute atomic E-state index is 13.7. The number of rotatable bonds is 4. The van der Waals surface area contributed by atoms with E-state index >= 15 is 0 Å². The topological polar surface area (TPSA) is 41.4 Å². The van der Waals surface area contributed by atoms with E-state index in [2.05, 4.69) is 5.10 Å². The molecule has 0 atom stereocenters. The van der Waals surface area contributed by atoms with Crippen molar-refractivity contribution in [1.82, 2.24) is 19.6 Å². The van der Waals surface area contributed by atoms with Crippen molar-refractivity contribution in [3.63, 3.8) is 0 Å². The van der Waals surface area contributed by atoms with Crippen LogP contribution in [0.25, 0.3) is 0 Å². The number of aromatic nitrogens is 2. The fraction of sp³-hybridized carbons (Fsp3) is 0.412. The fourth-order valence-electron chi connectivity index (χ4n) is 2.85. The van der Waals surface area contributed by atoms with Crippen LogP contribution in [-0.4, -0.2) is 51.7 Å². The van der Waals surface area contributed by atoms with E-state index in [9.17, 15) is 13.6 Å². The van der Waals surface area contributed by atoms with Crippen LogP contribution >= 0.6 is 0 Å². The first kappa shape index (κ1) is 16.6. The molecule has 1 aromatic heterocycles. The van der Waals surface area contributed by atoms with Gasteiger partial charge in [-0.1, -0.05) is 12.1 Å². The van der Waals surface area contributed by atoms with Gasteiger partial charge in [0.25, 0.3) is 5.91 Å². The Morgan fingerprint density at radius 2 is 1.96 bits per heavy atom. The Morgan fingerprint density at radius 1 is 1.21 bits per heavy atom. The molecule has 3 rings (SSSR count). The number of nitrogens with zero attached hydrogens (tertiary/aromatic N) is 4. The Bertz CT molecular complexity index is 723. The normalized spacial score (nSPS) is 15.7. The Hall–Kier alpha value is -2.28. The van der Waals surface area contributed by atoms with E-state index in [1.165, 1.54) is 6.07 Å². The van der Waals surface area contributed by atoms with Crippen LogP contribution in [0.4, 0.5) is 8.78 Å². The lowest BCUT2D eigenvalue weighted by molar-refractivity contribution is 0.0626. The molecule has 1 aromatic carbocycles. The molecule has 1 aliphatic heterocycles. The molecule has 0 bridgehead atoms. The summed E-state index contributed by atoms with van der Waals surface area (Å²) in [5.74, 6) is -1.65. The summed E-state index contributed by atoms with van der Waals surface area (Å²) >= 11 is 0. The van der Waals surface area contributed by atoms with E-state index in [4.69, 9.17) is 0 Å². The first-order valence-electron chi connectivity index (χ1n) is 8.05. The van der Waals surface area contributed by atoms with Crippen LogP contribution in [0.1, 0.15) is 22.8 Å². The number of carbonyl (C=O) groups is 1. The molecule has 0 unspecified atom stereocenters. The first-order chi connectivity index (χ1) is 11.6. The molecular formula is C17H20F2N4O. The number of halogens is 2. The second kappa shape index (κ2) is 7.09. The predicted octanol–water partition coefficient (Wildman–Crippen LogP) is 2.14. The highest BCUT2D eigenvalue weighted by atomic mass is 19.2. The molecule has 0 radical (unpaired) electrons. The molecule has 1 saturated heterocycles. The van der Waals surface area contributed by atoms with Crippen LogP contribution in [0.5, 0.6) is 0 Å². The van der Waals surface area contributed by atoms with Crippen LogP contribution < -0.4 is 0 Å². The molecule has 0 N–H and O–H groups in total. The van der Waals surface area contributed by atoms with Gasteiger partial charge in [0.05, 0.1) is 11.8 Å². The number of benzene rings is 1. The third-order valence-electron chi connectivity index (χ3n) is 4.29. The minimum atomic E-state index is -0.825. The summed E-state index contributed by atoms with van der Waals surface area (Å²) in [6, 6.07) is 4.22. The van der Waals surface area contributed by atoms with Gasteiger partial charge in [-0.25, -0.2) is 8.78 Å². The van der Waals surface area contributed by atoms with E-state index in [0.717, 1.165) is 12.6 Å². The largest absolute Gasteiger partial charge is 0.336 e. The molecule has 1 aliphatic rings. The molecule has 0 aliphatic carbocycles. The highest BCUT2D eigenvalue weighted by molar-refractivity contribution is 5.93. The summed E-state index contributed by atoms with van der Waals surface area (Å²) in [5, 5.41) is 4.12. The summed E-state index contributed by atoms with van der Waals surface area (Å²) < 4.78 is 28.7. The predicted molar refractivity (Wildman–Crippen MR) is 85.4 cm³/mol. The Kier molecular flexibility index (Phi) is 4.89. The lowest BCUT2D eigenvalue weighted by Gasteiger charge is -2.34. The monoisotopic (exact) mass is 334 g/mol. The first-order valence-corrected chi connectivity index (χ1v) is 8.05. The molecule has 2 heterocycles. The van der Waals surface area contributed by atoms with E-state index in [0.29, 0.717) is 43.9 Å². The van der Waals surface area contributed by atoms with Gasteiger partial charge in [-0.15, -0.1) is 0 Å². The van der Waals surface area contributed by atoms with E-state index in [-0.39, 0.29) is 5.91 Å². The van der Waals surface area contributed by atoms with Crippen molar-refractivity contribution in [2.75, 3.05) is 26.2 Å². The second-order valence-electron chi connectivity index (χ2n) is 5.87. The van der Waals surface area contributed by atoms with Crippen LogP contribution in [0, 0.1) is 11.6 Å². The minimum absolute atomic E-state index is 0.0358. The van der Waals surface area contributed by atoms with Crippen molar-refractivity contribution in [1.29, 1.82) is 0 Å². The van der Waals surface area contributed by atoms with E-state index in [1.807, 2.05) is 11.8 Å². The van der Waals surface area contributed by atoms with Gasteiger partial charge in [-0.3, -0.25) is 14.4 Å². The quantitative estimate of drug-likeness (QED) is 0.860. The second-order valence-corrected chi connectivity index (χ2v) is 5.87. The summed E-state index contributed by atoms with van der Waals surface area (Å²) in [6.07, 6.45) is 3.33. The summed E-state index contributed by atoms with van der Waals surface area (Å²) in [6.45, 7) is 5.42. The van der Waals surface area contributed by atoms with Crippen molar-refractivity contribution >= 4 is 5.91 Å². The van der Waals surface area contributed by atoms with Gasteiger partial charge in [0.1, 0.15) is 0 Å². The van der Waals surface area contributed by atoms with Gasteiger partial charge in [0.2, 0.25) is 0 Å². The maximum atomic E-state index is 13.7. The van der Waals surface area contributed by atoms with Crippen LogP contribution in [0.15, 0.2) is 30.6 Å². The molecule has 0 saturated carbocycles. The number of hydrogen-bond donors (Lipinski definition) is 0. The molecule has 5 nitrogen and oxygen atoms in total. The van der Waals surface area contributed by atoms with E-state index < -0.39 is 11.6 Å². The lowest BCUT2D eigenvalue weighted by Crippen LogP contribution is -2.48. The Labute approximate surface area is 139 Å². The highest BCUT2D eigenvalue weighted by Crippen LogP contribution is 2.16.